The number of rotatable bonds is 3. The third kappa shape index (κ3) is 2.96. The molecule has 1 aliphatic rings. The highest BCUT2D eigenvalue weighted by Crippen LogP contribution is 2.38. The lowest BCUT2D eigenvalue weighted by molar-refractivity contribution is -0.383. The van der Waals surface area contributed by atoms with E-state index in [2.05, 4.69) is 28.8 Å². The van der Waals surface area contributed by atoms with Crippen LogP contribution in [-0.2, 0) is 9.31 Å². The van der Waals surface area contributed by atoms with E-state index in [9.17, 15) is 10.1 Å². The molecule has 0 radical (unpaired) electrons. The fraction of sp³-hybridized carbons (Fsp3) is 0.250. The van der Waals surface area contributed by atoms with E-state index >= 15 is 0 Å². The average molecular weight is 414 g/mol. The summed E-state index contributed by atoms with van der Waals surface area (Å²) in [6.45, 7) is 7.76. The first-order valence-electron chi connectivity index (χ1n) is 10.3. The lowest BCUT2D eigenvalue weighted by Gasteiger charge is -2.32. The Bertz CT molecular complexity index is 1270. The maximum atomic E-state index is 11.8. The first kappa shape index (κ1) is 19.8. The Labute approximate surface area is 180 Å². The van der Waals surface area contributed by atoms with Crippen molar-refractivity contribution in [3.8, 4) is 5.69 Å². The number of nitro groups is 1. The van der Waals surface area contributed by atoms with Crippen LogP contribution >= 0.6 is 0 Å². The minimum atomic E-state index is -0.821. The Morgan fingerprint density at radius 1 is 0.839 bits per heavy atom. The van der Waals surface area contributed by atoms with Crippen molar-refractivity contribution >= 4 is 40.1 Å². The number of nitrogens with zero attached hydrogens (tertiary/aromatic N) is 2. The molecule has 7 heteroatoms. The molecule has 6 nitrogen and oxygen atoms in total. The summed E-state index contributed by atoms with van der Waals surface area (Å²) in [5, 5.41) is 14.1. The van der Waals surface area contributed by atoms with Crippen LogP contribution in [0.3, 0.4) is 0 Å². The molecule has 0 bridgehead atoms. The first-order valence-corrected chi connectivity index (χ1v) is 10.3. The second-order valence-corrected chi connectivity index (χ2v) is 8.96. The lowest BCUT2D eigenvalue weighted by Crippen LogP contribution is -2.41. The summed E-state index contributed by atoms with van der Waals surface area (Å²) in [5.41, 5.74) is 2.14. The topological polar surface area (TPSA) is 66.5 Å². The van der Waals surface area contributed by atoms with Crippen molar-refractivity contribution in [3.05, 3.63) is 76.8 Å². The van der Waals surface area contributed by atoms with Crippen molar-refractivity contribution in [2.24, 2.45) is 0 Å². The molecule has 156 valence electrons. The zero-order valence-corrected chi connectivity index (χ0v) is 18.0. The van der Waals surface area contributed by atoms with E-state index in [1.807, 2.05) is 58.0 Å². The van der Waals surface area contributed by atoms with Gasteiger partial charge in [0.2, 0.25) is 0 Å². The van der Waals surface area contributed by atoms with Crippen molar-refractivity contribution < 1.29 is 14.2 Å². The summed E-state index contributed by atoms with van der Waals surface area (Å²) in [4.78, 5) is 11.4. The molecule has 0 aliphatic carbocycles. The van der Waals surface area contributed by atoms with E-state index in [4.69, 9.17) is 9.31 Å². The van der Waals surface area contributed by atoms with Crippen molar-refractivity contribution in [1.29, 1.82) is 0 Å². The van der Waals surface area contributed by atoms with E-state index in [1.54, 1.807) is 12.1 Å². The largest absolute Gasteiger partial charge is 0.502 e. The third-order valence-electron chi connectivity index (χ3n) is 6.55. The number of hydrogen-bond donors (Lipinski definition) is 0. The second-order valence-electron chi connectivity index (χ2n) is 8.96. The maximum Gasteiger partial charge on any atom is 0.502 e. The van der Waals surface area contributed by atoms with Crippen molar-refractivity contribution in [2.75, 3.05) is 0 Å². The molecule has 2 heterocycles. The van der Waals surface area contributed by atoms with Crippen LogP contribution in [0.2, 0.25) is 0 Å². The van der Waals surface area contributed by atoms with E-state index in [0.717, 1.165) is 27.5 Å². The van der Waals surface area contributed by atoms with Crippen molar-refractivity contribution in [1.82, 2.24) is 4.57 Å². The van der Waals surface area contributed by atoms with Gasteiger partial charge in [-0.3, -0.25) is 10.1 Å². The molecule has 0 saturated carbocycles. The maximum absolute atomic E-state index is 11.8. The predicted molar refractivity (Wildman–Crippen MR) is 123 cm³/mol. The molecule has 3 aromatic carbocycles. The van der Waals surface area contributed by atoms with Gasteiger partial charge in [-0.05, 0) is 52.0 Å². The van der Waals surface area contributed by atoms with E-state index in [1.165, 1.54) is 0 Å². The summed E-state index contributed by atoms with van der Waals surface area (Å²) in [6.07, 6.45) is 0. The van der Waals surface area contributed by atoms with Gasteiger partial charge >= 0.3 is 7.12 Å². The van der Waals surface area contributed by atoms with Crippen LogP contribution in [0, 0.1) is 10.1 Å². The highest BCUT2D eigenvalue weighted by Gasteiger charge is 2.53. The standard InChI is InChI=1S/C24H23BN2O4/c1-23(2)24(3,4)31-25(30-23)19-15-16(13-14-22(19)27(28)29)26-20-11-7-5-9-17(20)18-10-6-8-12-21(18)26/h5-15H,1-4H3. The van der Waals surface area contributed by atoms with Crippen LogP contribution in [-0.4, -0.2) is 27.8 Å². The molecule has 0 unspecified atom stereocenters. The van der Waals surface area contributed by atoms with Gasteiger partial charge in [0.15, 0.2) is 0 Å². The number of fused-ring (bicyclic) bond motifs is 3. The molecule has 1 aromatic heterocycles. The summed E-state index contributed by atoms with van der Waals surface area (Å²) in [5.74, 6) is 0. The number of benzene rings is 3. The fourth-order valence-electron chi connectivity index (χ4n) is 4.21. The minimum Gasteiger partial charge on any atom is -0.399 e. The summed E-state index contributed by atoms with van der Waals surface area (Å²) in [7, 11) is -0.821. The molecule has 4 aromatic rings. The Kier molecular flexibility index (Phi) is 4.26. The molecule has 0 atom stereocenters. The van der Waals surface area contributed by atoms with Crippen LogP contribution in [0.5, 0.6) is 0 Å². The Morgan fingerprint density at radius 2 is 1.35 bits per heavy atom. The molecule has 1 aliphatic heterocycles. The van der Waals surface area contributed by atoms with Crippen molar-refractivity contribution in [2.45, 2.75) is 38.9 Å². The van der Waals surface area contributed by atoms with Gasteiger partial charge in [-0.1, -0.05) is 36.4 Å². The number of aromatic nitrogens is 1. The lowest BCUT2D eigenvalue weighted by atomic mass is 9.77. The molecule has 5 rings (SSSR count). The molecular weight excluding hydrogens is 391 g/mol. The zero-order valence-electron chi connectivity index (χ0n) is 18.0. The SMILES string of the molecule is CC1(C)OB(c2cc(-n3c4ccccc4c4ccccc43)ccc2[N+](=O)[O-])OC1(C)C. The van der Waals surface area contributed by atoms with E-state index in [0.29, 0.717) is 5.46 Å². The normalized spacial score (nSPS) is 17.5. The van der Waals surface area contributed by atoms with Gasteiger partial charge in [0.1, 0.15) is 0 Å². The summed E-state index contributed by atoms with van der Waals surface area (Å²) >= 11 is 0. The summed E-state index contributed by atoms with van der Waals surface area (Å²) in [6, 6.07) is 21.5. The van der Waals surface area contributed by atoms with E-state index in [-0.39, 0.29) is 10.6 Å². The monoisotopic (exact) mass is 414 g/mol. The quantitative estimate of drug-likeness (QED) is 0.269. The predicted octanol–water partition coefficient (Wildman–Crippen LogP) is 4.99. The van der Waals surface area contributed by atoms with Crippen LogP contribution in [0.1, 0.15) is 27.7 Å². The number of hydrogen-bond acceptors (Lipinski definition) is 4. The van der Waals surface area contributed by atoms with Crippen LogP contribution in [0.4, 0.5) is 5.69 Å². The highest BCUT2D eigenvalue weighted by atomic mass is 16.7. The fourth-order valence-corrected chi connectivity index (χ4v) is 4.21. The summed E-state index contributed by atoms with van der Waals surface area (Å²) < 4.78 is 14.4. The second kappa shape index (κ2) is 6.67. The number of nitro benzene ring substituents is 1. The molecule has 1 fully saturated rings. The van der Waals surface area contributed by atoms with Gasteiger partial charge in [-0.2, -0.15) is 0 Å². The molecule has 0 amide bonds. The van der Waals surface area contributed by atoms with Gasteiger partial charge in [-0.15, -0.1) is 0 Å². The Hall–Kier alpha value is -3.16. The zero-order chi connectivity index (χ0) is 22.0. The van der Waals surface area contributed by atoms with Gasteiger partial charge in [0, 0.05) is 22.5 Å². The van der Waals surface area contributed by atoms with Gasteiger partial charge < -0.3 is 13.9 Å². The minimum absolute atomic E-state index is 0.0111. The molecule has 0 spiro atoms. The smallest absolute Gasteiger partial charge is 0.399 e. The molecule has 1 saturated heterocycles. The van der Waals surface area contributed by atoms with Gasteiger partial charge in [0.05, 0.1) is 32.6 Å². The van der Waals surface area contributed by atoms with Gasteiger partial charge in [-0.25, -0.2) is 0 Å². The van der Waals surface area contributed by atoms with Gasteiger partial charge in [0.25, 0.3) is 5.69 Å². The van der Waals surface area contributed by atoms with Crippen LogP contribution < -0.4 is 5.46 Å². The Morgan fingerprint density at radius 3 is 1.87 bits per heavy atom. The number of para-hydroxylation sites is 2. The molecule has 0 N–H and O–H groups in total. The first-order chi connectivity index (χ1) is 14.7. The van der Waals surface area contributed by atoms with Crippen LogP contribution in [0.25, 0.3) is 27.5 Å². The van der Waals surface area contributed by atoms with Crippen LogP contribution in [0.15, 0.2) is 66.7 Å². The van der Waals surface area contributed by atoms with E-state index < -0.39 is 18.3 Å². The average Bonchev–Trinajstić information content (AvgIpc) is 3.18. The van der Waals surface area contributed by atoms with Crippen molar-refractivity contribution in [3.63, 3.8) is 0 Å². The third-order valence-corrected chi connectivity index (χ3v) is 6.55. The Balaban J connectivity index is 1.74. The molecular formula is C24H23BN2O4. The highest BCUT2D eigenvalue weighted by molar-refractivity contribution is 6.63. The molecule has 31 heavy (non-hydrogen) atoms.